The molecule has 7 heteroatoms. The van der Waals surface area contributed by atoms with Crippen molar-refractivity contribution >= 4 is 27.4 Å². The van der Waals surface area contributed by atoms with Gasteiger partial charge in [-0.2, -0.15) is 5.10 Å². The number of nitrogens with one attached hydrogen (secondary N) is 1. The molecule has 1 N–H and O–H groups in total. The highest BCUT2D eigenvalue weighted by Gasteiger charge is 2.29. The van der Waals surface area contributed by atoms with Crippen LogP contribution in [0, 0.1) is 0 Å². The molecule has 1 unspecified atom stereocenters. The highest BCUT2D eigenvalue weighted by molar-refractivity contribution is 7.89. The quantitative estimate of drug-likeness (QED) is 0.714. The van der Waals surface area contributed by atoms with Crippen molar-refractivity contribution in [1.29, 1.82) is 0 Å². The molecule has 0 bridgehead atoms. The number of hydrogen-bond acceptors (Lipinski definition) is 3. The Kier molecular flexibility index (Phi) is 5.17. The fraction of sp³-hybridized carbons (Fsp3) is 0.476. The molecule has 0 spiro atoms. The third-order valence-corrected chi connectivity index (χ3v) is 6.61. The number of allylic oxidation sites excluding steroid dienone is 1. The summed E-state index contributed by atoms with van der Waals surface area (Å²) in [5.41, 5.74) is 2.56. The molecule has 152 valence electrons. The molecule has 0 amide bonds. The van der Waals surface area contributed by atoms with E-state index in [1.165, 1.54) is 0 Å². The van der Waals surface area contributed by atoms with Crippen molar-refractivity contribution in [3.8, 4) is 0 Å². The van der Waals surface area contributed by atoms with Crippen molar-refractivity contribution in [2.75, 3.05) is 0 Å². The number of nitrogens with zero attached hydrogens (tertiary/aromatic N) is 2. The Labute approximate surface area is 172 Å². The lowest BCUT2D eigenvalue weighted by Crippen LogP contribution is -2.29. The zero-order valence-corrected chi connectivity index (χ0v) is 18.8. The highest BCUT2D eigenvalue weighted by Crippen LogP contribution is 2.35. The average molecular weight is 422 g/mol. The smallest absolute Gasteiger partial charge is 0.263 e. The molecule has 0 saturated carbocycles. The van der Waals surface area contributed by atoms with Gasteiger partial charge in [0.25, 0.3) is 10.0 Å². The van der Waals surface area contributed by atoms with Gasteiger partial charge in [0.15, 0.2) is 0 Å². The molecular formula is C21H28ClN3O2S. The Morgan fingerprint density at radius 1 is 1.07 bits per heavy atom. The third-order valence-electron chi connectivity index (χ3n) is 4.84. The molecule has 0 saturated heterocycles. The maximum Gasteiger partial charge on any atom is 0.263 e. The summed E-state index contributed by atoms with van der Waals surface area (Å²) in [6.45, 7) is 12.5. The molecule has 1 aromatic carbocycles. The van der Waals surface area contributed by atoms with Crippen LogP contribution >= 0.6 is 11.6 Å². The first kappa shape index (κ1) is 20.9. The number of fused-ring (bicyclic) bond motifs is 1. The van der Waals surface area contributed by atoms with Gasteiger partial charge in [-0.3, -0.25) is 4.72 Å². The van der Waals surface area contributed by atoms with E-state index in [1.807, 2.05) is 18.2 Å². The van der Waals surface area contributed by atoms with Crippen molar-refractivity contribution in [3.63, 3.8) is 0 Å². The Bertz CT molecular complexity index is 1010. The van der Waals surface area contributed by atoms with E-state index >= 15 is 0 Å². The minimum absolute atomic E-state index is 0.0374. The maximum atomic E-state index is 12.9. The van der Waals surface area contributed by atoms with E-state index < -0.39 is 10.0 Å². The van der Waals surface area contributed by atoms with Gasteiger partial charge in [0.2, 0.25) is 0 Å². The summed E-state index contributed by atoms with van der Waals surface area (Å²) >= 11 is 6.44. The van der Waals surface area contributed by atoms with Gasteiger partial charge in [0, 0.05) is 5.41 Å². The van der Waals surface area contributed by atoms with Crippen LogP contribution in [-0.4, -0.2) is 18.2 Å². The molecule has 1 atom stereocenters. The predicted octanol–water partition coefficient (Wildman–Crippen LogP) is 4.94. The summed E-state index contributed by atoms with van der Waals surface area (Å²) in [5, 5.41) is 4.38. The second-order valence-corrected chi connectivity index (χ2v) is 11.5. The van der Waals surface area contributed by atoms with Gasteiger partial charge in [0.05, 0.1) is 21.7 Å². The van der Waals surface area contributed by atoms with Gasteiger partial charge in [0.1, 0.15) is 5.82 Å². The summed E-state index contributed by atoms with van der Waals surface area (Å²) < 4.78 is 30.2. The zero-order valence-electron chi connectivity index (χ0n) is 17.2. The Hall–Kier alpha value is -1.79. The molecule has 0 fully saturated rings. The van der Waals surface area contributed by atoms with E-state index in [0.717, 1.165) is 17.0 Å². The second kappa shape index (κ2) is 6.92. The molecule has 2 aromatic rings. The van der Waals surface area contributed by atoms with Crippen LogP contribution in [0.3, 0.4) is 0 Å². The fourth-order valence-electron chi connectivity index (χ4n) is 3.02. The monoisotopic (exact) mass is 421 g/mol. The molecule has 2 heterocycles. The van der Waals surface area contributed by atoms with Crippen molar-refractivity contribution in [2.24, 2.45) is 0 Å². The summed E-state index contributed by atoms with van der Waals surface area (Å²) in [6, 6.07) is 8.95. The minimum Gasteiger partial charge on any atom is -0.264 e. The molecule has 5 nitrogen and oxygen atoms in total. The summed E-state index contributed by atoms with van der Waals surface area (Å²) in [5.74, 6) is 0.419. The number of halogens is 1. The molecule has 1 aliphatic heterocycles. The van der Waals surface area contributed by atoms with Crippen LogP contribution in [0.4, 0.5) is 0 Å². The fourth-order valence-corrected chi connectivity index (χ4v) is 4.32. The summed E-state index contributed by atoms with van der Waals surface area (Å²) in [6.07, 6.45) is 2.32. The van der Waals surface area contributed by atoms with Crippen LogP contribution in [0.25, 0.3) is 5.82 Å². The van der Waals surface area contributed by atoms with Gasteiger partial charge in [-0.05, 0) is 41.7 Å². The normalized spacial score (nSPS) is 17.8. The van der Waals surface area contributed by atoms with Crippen molar-refractivity contribution in [2.45, 2.75) is 69.1 Å². The summed E-state index contributed by atoms with van der Waals surface area (Å²) in [7, 11) is -3.73. The van der Waals surface area contributed by atoms with Crippen LogP contribution < -0.4 is 4.72 Å². The first-order valence-electron chi connectivity index (χ1n) is 9.37. The highest BCUT2D eigenvalue weighted by atomic mass is 35.5. The van der Waals surface area contributed by atoms with E-state index in [4.69, 9.17) is 11.6 Å². The molecule has 0 radical (unpaired) electrons. The second-order valence-electron chi connectivity index (χ2n) is 9.29. The van der Waals surface area contributed by atoms with Crippen LogP contribution in [-0.2, 0) is 20.9 Å². The SMILES string of the molecule is CC(C)(C)c1ccc(S(=O)(=O)NC2=CCC(Cl)c3cc(C(C)(C)C)nn32)cc1. The van der Waals surface area contributed by atoms with E-state index in [2.05, 4.69) is 51.4 Å². The van der Waals surface area contributed by atoms with Gasteiger partial charge < -0.3 is 0 Å². The van der Waals surface area contributed by atoms with Crippen LogP contribution in [0.5, 0.6) is 0 Å². The largest absolute Gasteiger partial charge is 0.264 e. The van der Waals surface area contributed by atoms with Gasteiger partial charge in [-0.15, -0.1) is 11.6 Å². The zero-order chi connectivity index (χ0) is 20.9. The maximum absolute atomic E-state index is 12.9. The van der Waals surface area contributed by atoms with E-state index in [0.29, 0.717) is 12.2 Å². The number of rotatable bonds is 3. The molecule has 1 aromatic heterocycles. The minimum atomic E-state index is -3.73. The lowest BCUT2D eigenvalue weighted by molar-refractivity contribution is 0.557. The lowest BCUT2D eigenvalue weighted by Gasteiger charge is -2.21. The molecule has 3 rings (SSSR count). The van der Waals surface area contributed by atoms with Crippen LogP contribution in [0.15, 0.2) is 41.3 Å². The van der Waals surface area contributed by atoms with Gasteiger partial charge in [-0.25, -0.2) is 13.1 Å². The van der Waals surface area contributed by atoms with Crippen LogP contribution in [0.2, 0.25) is 0 Å². The lowest BCUT2D eigenvalue weighted by atomic mass is 9.87. The van der Waals surface area contributed by atoms with E-state index in [9.17, 15) is 8.42 Å². The first-order valence-corrected chi connectivity index (χ1v) is 11.3. The first-order chi connectivity index (χ1) is 12.8. The van der Waals surface area contributed by atoms with Gasteiger partial charge >= 0.3 is 0 Å². The number of sulfonamides is 1. The Balaban J connectivity index is 1.92. The third kappa shape index (κ3) is 4.13. The standard InChI is InChI=1S/C21H28ClN3O2S/c1-20(2,3)14-7-9-15(10-8-14)28(26,27)24-19-12-11-16(22)17-13-18(21(4,5)6)23-25(17)19/h7-10,12-13,16,24H,11H2,1-6H3. The van der Waals surface area contributed by atoms with Crippen molar-refractivity contribution < 1.29 is 8.42 Å². The van der Waals surface area contributed by atoms with Crippen LogP contribution in [0.1, 0.15) is 70.3 Å². The van der Waals surface area contributed by atoms with Gasteiger partial charge in [-0.1, -0.05) is 53.7 Å². The topological polar surface area (TPSA) is 64.0 Å². The van der Waals surface area contributed by atoms with E-state index in [-0.39, 0.29) is 21.1 Å². The number of aromatic nitrogens is 2. The van der Waals surface area contributed by atoms with Crippen molar-refractivity contribution in [1.82, 2.24) is 14.5 Å². The Morgan fingerprint density at radius 2 is 1.68 bits per heavy atom. The average Bonchev–Trinajstić information content (AvgIpc) is 3.03. The number of benzene rings is 1. The van der Waals surface area contributed by atoms with E-state index in [1.54, 1.807) is 22.9 Å². The number of alkyl halides is 1. The Morgan fingerprint density at radius 3 is 2.21 bits per heavy atom. The predicted molar refractivity (Wildman–Crippen MR) is 114 cm³/mol. The molecule has 1 aliphatic rings. The number of hydrogen-bond donors (Lipinski definition) is 1. The molecule has 28 heavy (non-hydrogen) atoms. The molecular weight excluding hydrogens is 394 g/mol. The molecule has 0 aliphatic carbocycles. The summed E-state index contributed by atoms with van der Waals surface area (Å²) in [4.78, 5) is 0.221. The van der Waals surface area contributed by atoms with Crippen molar-refractivity contribution in [3.05, 3.63) is 53.4 Å².